The molecule has 6 nitrogen and oxygen atoms in total. The molecule has 30 heavy (non-hydrogen) atoms. The van der Waals surface area contributed by atoms with Crippen molar-refractivity contribution in [2.45, 2.75) is 6.42 Å². The van der Waals surface area contributed by atoms with E-state index in [1.165, 1.54) is 0 Å². The van der Waals surface area contributed by atoms with E-state index in [0.717, 1.165) is 11.1 Å². The van der Waals surface area contributed by atoms with Crippen molar-refractivity contribution in [3.05, 3.63) is 89.5 Å². The van der Waals surface area contributed by atoms with E-state index in [-0.39, 0.29) is 6.61 Å². The van der Waals surface area contributed by atoms with Gasteiger partial charge in [0.2, 0.25) is 0 Å². The van der Waals surface area contributed by atoms with Gasteiger partial charge in [0.15, 0.2) is 18.1 Å². The molecule has 0 atom stereocenters. The number of para-hydroxylation sites is 1. The second-order valence-corrected chi connectivity index (χ2v) is 6.80. The molecule has 0 aliphatic carbocycles. The Labute approximate surface area is 174 Å². The lowest BCUT2D eigenvalue weighted by molar-refractivity contribution is -0.119. The van der Waals surface area contributed by atoms with Crippen molar-refractivity contribution >= 4 is 17.6 Å². The van der Waals surface area contributed by atoms with Crippen molar-refractivity contribution in [1.29, 1.82) is 0 Å². The van der Waals surface area contributed by atoms with Crippen LogP contribution in [0.1, 0.15) is 21.5 Å². The number of carbonyl (C=O) groups is 2. The summed E-state index contributed by atoms with van der Waals surface area (Å²) >= 11 is 0. The van der Waals surface area contributed by atoms with Gasteiger partial charge in [-0.3, -0.25) is 4.79 Å². The molecule has 0 spiro atoms. The first-order valence-corrected chi connectivity index (χ1v) is 9.67. The first-order valence-electron chi connectivity index (χ1n) is 9.67. The number of nitrogens with one attached hydrogen (secondary N) is 1. The smallest absolute Gasteiger partial charge is 0.338 e. The molecule has 0 bridgehead atoms. The summed E-state index contributed by atoms with van der Waals surface area (Å²) in [5.41, 5.74) is 3.12. The number of carbonyl (C=O) groups excluding carboxylic acids is 2. The van der Waals surface area contributed by atoms with E-state index < -0.39 is 11.9 Å². The van der Waals surface area contributed by atoms with Crippen LogP contribution >= 0.6 is 0 Å². The molecule has 1 N–H and O–H groups in total. The highest BCUT2D eigenvalue weighted by Gasteiger charge is 2.17. The van der Waals surface area contributed by atoms with Crippen molar-refractivity contribution in [3.63, 3.8) is 0 Å². The fourth-order valence-electron chi connectivity index (χ4n) is 3.18. The molecule has 1 aliphatic heterocycles. The largest absolute Gasteiger partial charge is 0.486 e. The standard InChI is InChI=1S/C24H21NO5/c26-23(16-30-24(27)19-10-11-21-22(15-19)29-13-12-28-21)25-20-9-5-4-8-18(20)14-17-6-2-1-3-7-17/h1-11,15H,12-14,16H2,(H,25,26). The van der Waals surface area contributed by atoms with Crippen LogP contribution in [0.4, 0.5) is 5.69 Å². The number of ether oxygens (including phenoxy) is 3. The zero-order chi connectivity index (χ0) is 20.8. The van der Waals surface area contributed by atoms with E-state index >= 15 is 0 Å². The average molecular weight is 403 g/mol. The van der Waals surface area contributed by atoms with Crippen molar-refractivity contribution in [2.75, 3.05) is 25.1 Å². The van der Waals surface area contributed by atoms with E-state index in [2.05, 4.69) is 5.32 Å². The van der Waals surface area contributed by atoms with Gasteiger partial charge in [0.1, 0.15) is 13.2 Å². The molecule has 3 aromatic carbocycles. The molecule has 1 amide bonds. The minimum Gasteiger partial charge on any atom is -0.486 e. The maximum atomic E-state index is 12.4. The molecule has 0 fully saturated rings. The molecule has 0 radical (unpaired) electrons. The van der Waals surface area contributed by atoms with Gasteiger partial charge in [-0.2, -0.15) is 0 Å². The Morgan fingerprint density at radius 1 is 0.867 bits per heavy atom. The predicted molar refractivity (Wildman–Crippen MR) is 112 cm³/mol. The number of amides is 1. The molecule has 3 aromatic rings. The monoisotopic (exact) mass is 403 g/mol. The van der Waals surface area contributed by atoms with E-state index in [1.54, 1.807) is 18.2 Å². The van der Waals surface area contributed by atoms with Crippen LogP contribution < -0.4 is 14.8 Å². The second kappa shape index (κ2) is 9.13. The Hall–Kier alpha value is -3.80. The zero-order valence-corrected chi connectivity index (χ0v) is 16.3. The van der Waals surface area contributed by atoms with Gasteiger partial charge in [-0.1, -0.05) is 48.5 Å². The zero-order valence-electron chi connectivity index (χ0n) is 16.3. The summed E-state index contributed by atoms with van der Waals surface area (Å²) < 4.78 is 16.1. The first kappa shape index (κ1) is 19.5. The maximum Gasteiger partial charge on any atom is 0.338 e. The van der Waals surface area contributed by atoms with Crippen molar-refractivity contribution < 1.29 is 23.8 Å². The lowest BCUT2D eigenvalue weighted by atomic mass is 10.0. The van der Waals surface area contributed by atoms with Crippen LogP contribution in [0.5, 0.6) is 11.5 Å². The van der Waals surface area contributed by atoms with Crippen LogP contribution in [-0.2, 0) is 16.0 Å². The molecule has 0 saturated heterocycles. The number of rotatable bonds is 6. The Balaban J connectivity index is 1.36. The molecule has 0 aromatic heterocycles. The lowest BCUT2D eigenvalue weighted by Gasteiger charge is -2.18. The molecule has 1 aliphatic rings. The number of esters is 1. The summed E-state index contributed by atoms with van der Waals surface area (Å²) in [6.45, 7) is 0.520. The van der Waals surface area contributed by atoms with E-state index in [4.69, 9.17) is 14.2 Å². The van der Waals surface area contributed by atoms with E-state index in [1.807, 2.05) is 54.6 Å². The summed E-state index contributed by atoms with van der Waals surface area (Å²) in [6, 6.07) is 22.4. The SMILES string of the molecule is O=C(COC(=O)c1ccc2c(c1)OCCO2)Nc1ccccc1Cc1ccccc1. The highest BCUT2D eigenvalue weighted by Crippen LogP contribution is 2.30. The summed E-state index contributed by atoms with van der Waals surface area (Å²) in [6.07, 6.45) is 0.689. The topological polar surface area (TPSA) is 73.9 Å². The van der Waals surface area contributed by atoms with Crippen LogP contribution in [0.25, 0.3) is 0 Å². The molecular weight excluding hydrogens is 382 g/mol. The van der Waals surface area contributed by atoms with Gasteiger partial charge < -0.3 is 19.5 Å². The van der Waals surface area contributed by atoms with Crippen LogP contribution in [-0.4, -0.2) is 31.7 Å². The first-order chi connectivity index (χ1) is 14.7. The molecule has 1 heterocycles. The highest BCUT2D eigenvalue weighted by molar-refractivity contribution is 5.96. The molecule has 6 heteroatoms. The van der Waals surface area contributed by atoms with Crippen LogP contribution in [0.15, 0.2) is 72.8 Å². The molecule has 0 saturated carbocycles. The van der Waals surface area contributed by atoms with Crippen molar-refractivity contribution in [1.82, 2.24) is 0 Å². The van der Waals surface area contributed by atoms with E-state index in [9.17, 15) is 9.59 Å². The fraction of sp³-hybridized carbons (Fsp3) is 0.167. The number of benzene rings is 3. The number of fused-ring (bicyclic) bond motifs is 1. The quantitative estimate of drug-likeness (QED) is 0.633. The lowest BCUT2D eigenvalue weighted by Crippen LogP contribution is -2.22. The summed E-state index contributed by atoms with van der Waals surface area (Å²) in [4.78, 5) is 24.6. The summed E-state index contributed by atoms with van der Waals surface area (Å²) in [5.74, 6) is 0.0849. The fourth-order valence-corrected chi connectivity index (χ4v) is 3.18. The summed E-state index contributed by atoms with van der Waals surface area (Å²) in [5, 5.41) is 2.83. The third-order valence-corrected chi connectivity index (χ3v) is 4.64. The van der Waals surface area contributed by atoms with Gasteiger partial charge in [-0.05, 0) is 41.8 Å². The molecule has 0 unspecified atom stereocenters. The van der Waals surface area contributed by atoms with Crippen molar-refractivity contribution in [2.24, 2.45) is 0 Å². The van der Waals surface area contributed by atoms with E-state index in [0.29, 0.717) is 42.4 Å². The van der Waals surface area contributed by atoms with Gasteiger partial charge >= 0.3 is 5.97 Å². The Bertz CT molecular complexity index is 1050. The second-order valence-electron chi connectivity index (χ2n) is 6.80. The minimum atomic E-state index is -0.598. The predicted octanol–water partition coefficient (Wildman–Crippen LogP) is 3.84. The maximum absolute atomic E-state index is 12.4. The minimum absolute atomic E-state index is 0.302. The van der Waals surface area contributed by atoms with Gasteiger partial charge in [0.25, 0.3) is 5.91 Å². The third kappa shape index (κ3) is 4.78. The molecule has 4 rings (SSSR count). The number of hydrogen-bond donors (Lipinski definition) is 1. The normalized spacial score (nSPS) is 12.1. The number of hydrogen-bond acceptors (Lipinski definition) is 5. The Morgan fingerprint density at radius 2 is 1.60 bits per heavy atom. The van der Waals surface area contributed by atoms with Gasteiger partial charge in [0, 0.05) is 5.69 Å². The Morgan fingerprint density at radius 3 is 2.43 bits per heavy atom. The van der Waals surface area contributed by atoms with Gasteiger partial charge in [0.05, 0.1) is 5.56 Å². The van der Waals surface area contributed by atoms with Crippen LogP contribution in [0.2, 0.25) is 0 Å². The van der Waals surface area contributed by atoms with Crippen LogP contribution in [0, 0.1) is 0 Å². The number of anilines is 1. The molecule has 152 valence electrons. The Kier molecular flexibility index (Phi) is 5.94. The average Bonchev–Trinajstić information content (AvgIpc) is 2.79. The van der Waals surface area contributed by atoms with Gasteiger partial charge in [-0.25, -0.2) is 4.79 Å². The molecular formula is C24H21NO5. The van der Waals surface area contributed by atoms with Crippen molar-refractivity contribution in [3.8, 4) is 11.5 Å². The van der Waals surface area contributed by atoms with Gasteiger partial charge in [-0.15, -0.1) is 0 Å². The highest BCUT2D eigenvalue weighted by atomic mass is 16.6. The third-order valence-electron chi connectivity index (χ3n) is 4.64. The summed E-state index contributed by atoms with van der Waals surface area (Å²) in [7, 11) is 0. The van der Waals surface area contributed by atoms with Crippen LogP contribution in [0.3, 0.4) is 0 Å².